The second-order valence-corrected chi connectivity index (χ2v) is 6.52. The van der Waals surface area contributed by atoms with E-state index in [9.17, 15) is 4.79 Å². The first-order valence-corrected chi connectivity index (χ1v) is 8.52. The maximum atomic E-state index is 12.4. The number of hydrogen-bond donors (Lipinski definition) is 2. The van der Waals surface area contributed by atoms with E-state index in [4.69, 9.17) is 4.52 Å². The summed E-state index contributed by atoms with van der Waals surface area (Å²) in [6.45, 7) is 4.88. The van der Waals surface area contributed by atoms with Crippen molar-refractivity contribution < 1.29 is 9.32 Å². The van der Waals surface area contributed by atoms with E-state index < -0.39 is 0 Å². The fraction of sp³-hybridized carbons (Fsp3) is 0.500. The Balaban J connectivity index is 1.57. The monoisotopic (exact) mass is 328 g/mol. The molecule has 0 saturated carbocycles. The van der Waals surface area contributed by atoms with Gasteiger partial charge in [-0.15, -0.1) is 0 Å². The minimum absolute atomic E-state index is 0.0550. The number of benzene rings is 1. The van der Waals surface area contributed by atoms with Crippen molar-refractivity contribution in [2.45, 2.75) is 45.2 Å². The zero-order valence-electron chi connectivity index (χ0n) is 14.2. The molecular formula is C18H24N4O2. The molecule has 1 fully saturated rings. The summed E-state index contributed by atoms with van der Waals surface area (Å²) in [4.78, 5) is 16.8. The summed E-state index contributed by atoms with van der Waals surface area (Å²) in [7, 11) is 0. The highest BCUT2D eigenvalue weighted by Crippen LogP contribution is 2.18. The molecule has 2 aromatic rings. The molecule has 1 aromatic carbocycles. The van der Waals surface area contributed by atoms with E-state index in [-0.39, 0.29) is 17.9 Å². The van der Waals surface area contributed by atoms with Crippen LogP contribution in [0.4, 0.5) is 0 Å². The van der Waals surface area contributed by atoms with E-state index >= 15 is 0 Å². The summed E-state index contributed by atoms with van der Waals surface area (Å²) in [6, 6.07) is 10.1. The van der Waals surface area contributed by atoms with Crippen LogP contribution in [0, 0.1) is 5.92 Å². The predicted octanol–water partition coefficient (Wildman–Crippen LogP) is 2.23. The molecule has 0 bridgehead atoms. The second kappa shape index (κ2) is 7.57. The molecule has 3 rings (SSSR count). The first-order chi connectivity index (χ1) is 11.6. The van der Waals surface area contributed by atoms with Gasteiger partial charge in [-0.1, -0.05) is 35.5 Å². The zero-order chi connectivity index (χ0) is 16.9. The van der Waals surface area contributed by atoms with Gasteiger partial charge in [-0.25, -0.2) is 0 Å². The quantitative estimate of drug-likeness (QED) is 0.880. The van der Waals surface area contributed by atoms with E-state index in [2.05, 4.69) is 27.7 Å². The van der Waals surface area contributed by atoms with Gasteiger partial charge >= 0.3 is 0 Å². The number of nitrogens with zero attached hydrogens (tertiary/aromatic N) is 2. The molecule has 128 valence electrons. The first-order valence-electron chi connectivity index (χ1n) is 8.52. The van der Waals surface area contributed by atoms with Gasteiger partial charge in [0.2, 0.25) is 11.8 Å². The first kappa shape index (κ1) is 16.6. The maximum Gasteiger partial charge on any atom is 0.231 e. The molecular weight excluding hydrogens is 304 g/mol. The van der Waals surface area contributed by atoms with Crippen molar-refractivity contribution in [1.29, 1.82) is 0 Å². The standard InChI is InChI=1S/C18H24N4O2/c1-12-10-15(8-9-19-12)18(23)20-13(2)17-21-16(24-22-17)11-14-6-4-3-5-7-14/h3-7,12-13,15,19H,8-11H2,1-2H3,(H,20,23)/t12-,13?,15-/m0/s1. The van der Waals surface area contributed by atoms with Crippen molar-refractivity contribution in [2.24, 2.45) is 5.92 Å². The average Bonchev–Trinajstić information content (AvgIpc) is 3.04. The number of aromatic nitrogens is 2. The lowest BCUT2D eigenvalue weighted by molar-refractivity contribution is -0.126. The number of hydrogen-bond acceptors (Lipinski definition) is 5. The summed E-state index contributed by atoms with van der Waals surface area (Å²) >= 11 is 0. The Bertz CT molecular complexity index is 671. The predicted molar refractivity (Wildman–Crippen MR) is 90.3 cm³/mol. The lowest BCUT2D eigenvalue weighted by Crippen LogP contribution is -2.43. The highest BCUT2D eigenvalue weighted by molar-refractivity contribution is 5.79. The Morgan fingerprint density at radius 1 is 1.42 bits per heavy atom. The average molecular weight is 328 g/mol. The third kappa shape index (κ3) is 4.20. The number of amides is 1. The minimum Gasteiger partial charge on any atom is -0.346 e. The molecule has 0 radical (unpaired) electrons. The Morgan fingerprint density at radius 3 is 2.96 bits per heavy atom. The Labute approximate surface area is 142 Å². The largest absolute Gasteiger partial charge is 0.346 e. The van der Waals surface area contributed by atoms with E-state index in [1.54, 1.807) is 0 Å². The SMILES string of the molecule is CC(NC(=O)[C@H]1CCN[C@@H](C)C1)c1noc(Cc2ccccc2)n1. The Morgan fingerprint density at radius 2 is 2.21 bits per heavy atom. The molecule has 24 heavy (non-hydrogen) atoms. The fourth-order valence-corrected chi connectivity index (χ4v) is 3.05. The van der Waals surface area contributed by atoms with E-state index in [0.29, 0.717) is 24.2 Å². The molecule has 1 unspecified atom stereocenters. The van der Waals surface area contributed by atoms with Crippen LogP contribution in [0.3, 0.4) is 0 Å². The molecule has 1 amide bonds. The number of nitrogens with one attached hydrogen (secondary N) is 2. The molecule has 1 saturated heterocycles. The Hall–Kier alpha value is -2.21. The maximum absolute atomic E-state index is 12.4. The number of carbonyl (C=O) groups is 1. The van der Waals surface area contributed by atoms with Gasteiger partial charge in [0.1, 0.15) is 0 Å². The van der Waals surface area contributed by atoms with Crippen molar-refractivity contribution in [2.75, 3.05) is 6.54 Å². The van der Waals surface area contributed by atoms with Crippen LogP contribution in [-0.4, -0.2) is 28.6 Å². The van der Waals surface area contributed by atoms with Crippen molar-refractivity contribution in [3.8, 4) is 0 Å². The molecule has 0 spiro atoms. The Kier molecular flexibility index (Phi) is 5.25. The minimum atomic E-state index is -0.254. The van der Waals surface area contributed by atoms with Crippen LogP contribution >= 0.6 is 0 Å². The van der Waals surface area contributed by atoms with Crippen molar-refractivity contribution >= 4 is 5.91 Å². The lowest BCUT2D eigenvalue weighted by Gasteiger charge is -2.27. The number of carbonyl (C=O) groups excluding carboxylic acids is 1. The summed E-state index contributed by atoms with van der Waals surface area (Å²) < 4.78 is 5.31. The molecule has 3 atom stereocenters. The van der Waals surface area contributed by atoms with Crippen LogP contribution in [0.1, 0.15) is 50.0 Å². The van der Waals surface area contributed by atoms with Gasteiger partial charge in [-0.3, -0.25) is 4.79 Å². The van der Waals surface area contributed by atoms with Crippen LogP contribution in [0.2, 0.25) is 0 Å². The molecule has 6 heteroatoms. The smallest absolute Gasteiger partial charge is 0.231 e. The second-order valence-electron chi connectivity index (χ2n) is 6.52. The van der Waals surface area contributed by atoms with Gasteiger partial charge in [-0.2, -0.15) is 4.98 Å². The topological polar surface area (TPSA) is 80.0 Å². The van der Waals surface area contributed by atoms with Crippen molar-refractivity contribution in [3.05, 3.63) is 47.6 Å². The van der Waals surface area contributed by atoms with Crippen molar-refractivity contribution in [3.63, 3.8) is 0 Å². The summed E-state index contributed by atoms with van der Waals surface area (Å²) in [5.74, 6) is 1.22. The number of piperidine rings is 1. The van der Waals surface area contributed by atoms with Gasteiger partial charge in [0, 0.05) is 12.0 Å². The number of rotatable bonds is 5. The van der Waals surface area contributed by atoms with Gasteiger partial charge in [0.05, 0.1) is 12.5 Å². The third-order valence-electron chi connectivity index (χ3n) is 4.42. The molecule has 1 aliphatic rings. The zero-order valence-corrected chi connectivity index (χ0v) is 14.2. The van der Waals surface area contributed by atoms with Gasteiger partial charge in [0.25, 0.3) is 0 Å². The van der Waals surface area contributed by atoms with Crippen LogP contribution in [-0.2, 0) is 11.2 Å². The normalized spacial score (nSPS) is 22.1. The molecule has 2 N–H and O–H groups in total. The molecule has 6 nitrogen and oxygen atoms in total. The van der Waals surface area contributed by atoms with E-state index in [1.807, 2.05) is 37.3 Å². The highest BCUT2D eigenvalue weighted by atomic mass is 16.5. The van der Waals surface area contributed by atoms with Crippen LogP contribution in [0.15, 0.2) is 34.9 Å². The fourth-order valence-electron chi connectivity index (χ4n) is 3.05. The molecule has 1 aliphatic heterocycles. The molecule has 0 aliphatic carbocycles. The van der Waals surface area contributed by atoms with Crippen LogP contribution < -0.4 is 10.6 Å². The van der Waals surface area contributed by atoms with E-state index in [0.717, 1.165) is 24.9 Å². The van der Waals surface area contributed by atoms with Crippen LogP contribution in [0.5, 0.6) is 0 Å². The molecule has 2 heterocycles. The summed E-state index contributed by atoms with van der Waals surface area (Å²) in [5, 5.41) is 10.4. The van der Waals surface area contributed by atoms with Crippen molar-refractivity contribution in [1.82, 2.24) is 20.8 Å². The summed E-state index contributed by atoms with van der Waals surface area (Å²) in [6.07, 6.45) is 2.33. The lowest BCUT2D eigenvalue weighted by atomic mass is 9.92. The van der Waals surface area contributed by atoms with Gasteiger partial charge in [0.15, 0.2) is 5.82 Å². The van der Waals surface area contributed by atoms with Gasteiger partial charge in [-0.05, 0) is 38.8 Å². The third-order valence-corrected chi connectivity index (χ3v) is 4.42. The molecule has 1 aromatic heterocycles. The van der Waals surface area contributed by atoms with Gasteiger partial charge < -0.3 is 15.2 Å². The highest BCUT2D eigenvalue weighted by Gasteiger charge is 2.26. The van der Waals surface area contributed by atoms with E-state index in [1.165, 1.54) is 0 Å². The summed E-state index contributed by atoms with van der Waals surface area (Å²) in [5.41, 5.74) is 1.12. The van der Waals surface area contributed by atoms with Crippen LogP contribution in [0.25, 0.3) is 0 Å².